The number of aromatic nitrogens is 4. The molecule has 2 aromatic carbocycles. The molecular formula is C51H73FN12O8. The standard InChI is InChI=1S/C51H73FN12O8/c1-6-60-28-37(49(68)69)48(67)36-25-38(52)42(26-41(36)60)61-21-23-62(24-22-61)51(71)72-30-33-13-15-34(16-14-33)57-27-35(11-10-19-56-50(55)70)64-29-40(58-59-64)46(32(4)5)47(54)45(31(2)3)39(53)12-8-7-9-20-63-43(65)17-18-44(63)66/h13-16,25-26,28-29,31-32,35,39,45-47,57H,6-12,17-24,27,30,53-54H2,1-5H3,(H,68,69)(H3,55,56,70)/t35-,39?,45+,46+,47?/m0/s1. The lowest BCUT2D eigenvalue weighted by atomic mass is 9.72. The highest BCUT2D eigenvalue weighted by molar-refractivity contribution is 6.01. The number of imide groups is 1. The van der Waals surface area contributed by atoms with Gasteiger partial charge in [-0.15, -0.1) is 5.10 Å². The number of nitrogens with two attached hydrogens (primary N) is 3. The number of carboxylic acids is 1. The third kappa shape index (κ3) is 13.7. The Morgan fingerprint density at radius 1 is 0.889 bits per heavy atom. The molecule has 2 fully saturated rings. The topological polar surface area (TPSA) is 279 Å². The van der Waals surface area contributed by atoms with Crippen molar-refractivity contribution in [2.75, 3.05) is 56.0 Å². The fourth-order valence-corrected chi connectivity index (χ4v) is 10.2. The Bertz CT molecular complexity index is 2560. The van der Waals surface area contributed by atoms with E-state index in [-0.39, 0.29) is 84.4 Å². The molecule has 4 aromatic rings. The molecule has 392 valence electrons. The highest BCUT2D eigenvalue weighted by Crippen LogP contribution is 2.35. The second kappa shape index (κ2) is 25.2. The quantitative estimate of drug-likeness (QED) is 0.0359. The summed E-state index contributed by atoms with van der Waals surface area (Å²) in [4.78, 5) is 77.8. The number of ether oxygens (including phenoxy) is 1. The number of carbonyl (C=O) groups excluding carboxylic acids is 4. The molecule has 2 aliphatic heterocycles. The summed E-state index contributed by atoms with van der Waals surface area (Å²) in [7, 11) is 0. The number of amides is 5. The summed E-state index contributed by atoms with van der Waals surface area (Å²) in [6.07, 6.45) is 7.84. The molecule has 4 heterocycles. The number of hydrogen-bond acceptors (Lipinski definition) is 13. The second-order valence-corrected chi connectivity index (χ2v) is 19.7. The number of unbranched alkanes of at least 4 members (excludes halogenated alkanes) is 2. The number of hydrogen-bond donors (Lipinski definition) is 6. The molecule has 2 aromatic heterocycles. The minimum absolute atomic E-state index is 0.00805. The van der Waals surface area contributed by atoms with Gasteiger partial charge in [-0.25, -0.2) is 23.5 Å². The second-order valence-electron chi connectivity index (χ2n) is 19.7. The maximum Gasteiger partial charge on any atom is 0.410 e. The van der Waals surface area contributed by atoms with Gasteiger partial charge in [0.1, 0.15) is 18.0 Å². The average molecular weight is 1000 g/mol. The predicted octanol–water partition coefficient (Wildman–Crippen LogP) is 5.39. The molecule has 0 radical (unpaired) electrons. The molecule has 72 heavy (non-hydrogen) atoms. The fourth-order valence-electron chi connectivity index (χ4n) is 10.2. The van der Waals surface area contributed by atoms with Gasteiger partial charge in [-0.2, -0.15) is 0 Å². The van der Waals surface area contributed by atoms with Crippen LogP contribution in [0.15, 0.2) is 53.6 Å². The number of nitrogens with one attached hydrogen (secondary N) is 2. The highest BCUT2D eigenvalue weighted by atomic mass is 19.1. The van der Waals surface area contributed by atoms with E-state index in [9.17, 15) is 33.9 Å². The van der Waals surface area contributed by atoms with E-state index in [2.05, 4.69) is 48.6 Å². The zero-order valence-corrected chi connectivity index (χ0v) is 42.2. The molecule has 9 N–H and O–H groups in total. The van der Waals surface area contributed by atoms with Crippen molar-refractivity contribution in [3.8, 4) is 0 Å². The number of aromatic carboxylic acids is 1. The monoisotopic (exact) mass is 1000 g/mol. The van der Waals surface area contributed by atoms with E-state index in [0.29, 0.717) is 70.5 Å². The molecular weight excluding hydrogens is 928 g/mol. The molecule has 0 aliphatic carbocycles. The van der Waals surface area contributed by atoms with E-state index in [1.165, 1.54) is 11.1 Å². The number of carboxylic acid groups (broad SMARTS) is 1. The summed E-state index contributed by atoms with van der Waals surface area (Å²) in [6.45, 7) is 13.3. The van der Waals surface area contributed by atoms with E-state index in [4.69, 9.17) is 21.9 Å². The van der Waals surface area contributed by atoms with Crippen molar-refractivity contribution in [2.45, 2.75) is 123 Å². The first-order valence-electron chi connectivity index (χ1n) is 25.3. The number of nitrogens with zero attached hydrogens (tertiary/aromatic N) is 7. The Hall–Kier alpha value is -6.61. The van der Waals surface area contributed by atoms with Gasteiger partial charge < -0.3 is 52.0 Å². The van der Waals surface area contributed by atoms with Gasteiger partial charge in [-0.1, -0.05) is 57.9 Å². The van der Waals surface area contributed by atoms with E-state index in [0.717, 1.165) is 48.7 Å². The molecule has 2 aliphatic rings. The third-order valence-electron chi connectivity index (χ3n) is 14.1. The number of primary amides is 1. The molecule has 0 spiro atoms. The predicted molar refractivity (Wildman–Crippen MR) is 272 cm³/mol. The minimum atomic E-state index is -1.37. The lowest BCUT2D eigenvalue weighted by Gasteiger charge is -2.38. The molecule has 2 unspecified atom stereocenters. The molecule has 20 nitrogen and oxygen atoms in total. The van der Waals surface area contributed by atoms with Crippen molar-refractivity contribution in [3.63, 3.8) is 0 Å². The first-order valence-corrected chi connectivity index (χ1v) is 25.3. The molecule has 6 rings (SSSR count). The maximum absolute atomic E-state index is 15.4. The first kappa shape index (κ1) is 54.7. The zero-order valence-electron chi connectivity index (χ0n) is 42.2. The van der Waals surface area contributed by atoms with Gasteiger partial charge in [0.25, 0.3) is 0 Å². The number of likely N-dealkylation sites (tertiary alicyclic amines) is 1. The summed E-state index contributed by atoms with van der Waals surface area (Å²) in [5.41, 5.74) is 21.3. The van der Waals surface area contributed by atoms with Crippen LogP contribution in [0.25, 0.3) is 10.9 Å². The number of piperazine rings is 1. The Balaban J connectivity index is 1.02. The van der Waals surface area contributed by atoms with E-state index < -0.39 is 34.9 Å². The highest BCUT2D eigenvalue weighted by Gasteiger charge is 2.37. The van der Waals surface area contributed by atoms with Crippen LogP contribution >= 0.6 is 0 Å². The number of pyridine rings is 1. The van der Waals surface area contributed by atoms with Gasteiger partial charge in [-0.3, -0.25) is 19.3 Å². The number of halogens is 1. The van der Waals surface area contributed by atoms with Gasteiger partial charge in [-0.05, 0) is 80.2 Å². The lowest BCUT2D eigenvalue weighted by Crippen LogP contribution is -2.49. The molecule has 0 saturated carbocycles. The van der Waals surface area contributed by atoms with Crippen LogP contribution in [0.2, 0.25) is 0 Å². The Kier molecular flexibility index (Phi) is 19.1. The third-order valence-corrected chi connectivity index (χ3v) is 14.1. The molecule has 5 amide bonds. The Labute approximate surface area is 419 Å². The molecule has 5 atom stereocenters. The first-order chi connectivity index (χ1) is 34.4. The molecule has 0 bridgehead atoms. The van der Waals surface area contributed by atoms with E-state index in [1.807, 2.05) is 35.1 Å². The number of urea groups is 1. The minimum Gasteiger partial charge on any atom is -0.477 e. The molecule has 21 heteroatoms. The number of fused-ring (bicyclic) bond motifs is 1. The van der Waals surface area contributed by atoms with E-state index in [1.54, 1.807) is 27.4 Å². The largest absolute Gasteiger partial charge is 0.477 e. The van der Waals surface area contributed by atoms with Crippen molar-refractivity contribution < 1.29 is 38.2 Å². The number of anilines is 2. The fraction of sp³-hybridized carbons (Fsp3) is 0.569. The Morgan fingerprint density at radius 3 is 2.21 bits per heavy atom. The summed E-state index contributed by atoms with van der Waals surface area (Å²) in [5.74, 6) is -2.02. The van der Waals surface area contributed by atoms with Crippen molar-refractivity contribution in [1.29, 1.82) is 0 Å². The van der Waals surface area contributed by atoms with Crippen LogP contribution in [0.5, 0.6) is 0 Å². The summed E-state index contributed by atoms with van der Waals surface area (Å²) in [5, 5.41) is 24.9. The van der Waals surface area contributed by atoms with Crippen LogP contribution in [-0.2, 0) is 27.5 Å². The van der Waals surface area contributed by atoms with Gasteiger partial charge in [0.2, 0.25) is 17.2 Å². The van der Waals surface area contributed by atoms with Crippen LogP contribution in [0, 0.1) is 23.6 Å². The summed E-state index contributed by atoms with van der Waals surface area (Å²) >= 11 is 0. The van der Waals surface area contributed by atoms with Crippen LogP contribution in [0.3, 0.4) is 0 Å². The molecule has 2 saturated heterocycles. The van der Waals surface area contributed by atoms with Crippen LogP contribution in [0.1, 0.15) is 120 Å². The van der Waals surface area contributed by atoms with Crippen molar-refractivity contribution in [1.82, 2.24) is 34.7 Å². The normalized spacial score (nSPS) is 16.3. The Morgan fingerprint density at radius 2 is 1.58 bits per heavy atom. The average Bonchev–Trinajstić information content (AvgIpc) is 3.95. The van der Waals surface area contributed by atoms with Crippen molar-refractivity contribution >= 4 is 52.2 Å². The smallest absolute Gasteiger partial charge is 0.410 e. The number of carbonyl (C=O) groups is 5. The maximum atomic E-state index is 15.4. The van der Waals surface area contributed by atoms with Crippen molar-refractivity contribution in [2.24, 2.45) is 35.0 Å². The number of rotatable bonds is 25. The number of aryl methyl sites for hydroxylation is 1. The van der Waals surface area contributed by atoms with Crippen LogP contribution in [-0.4, -0.2) is 122 Å². The lowest BCUT2D eigenvalue weighted by molar-refractivity contribution is -0.138. The zero-order chi connectivity index (χ0) is 52.2. The van der Waals surface area contributed by atoms with Crippen molar-refractivity contribution in [3.05, 3.63) is 81.7 Å². The van der Waals surface area contributed by atoms with Crippen LogP contribution < -0.4 is 38.2 Å². The van der Waals surface area contributed by atoms with Gasteiger partial charge in [0.05, 0.1) is 22.9 Å². The van der Waals surface area contributed by atoms with Gasteiger partial charge >= 0.3 is 18.1 Å². The van der Waals surface area contributed by atoms with Gasteiger partial charge in [0, 0.05) is 107 Å². The summed E-state index contributed by atoms with van der Waals surface area (Å²) < 4.78 is 24.6. The number of benzene rings is 2. The van der Waals surface area contributed by atoms with Gasteiger partial charge in [0.15, 0.2) is 0 Å². The van der Waals surface area contributed by atoms with E-state index >= 15 is 4.39 Å². The SMILES string of the molecule is CCn1cc(C(=O)O)c(=O)c2cc(F)c(N3CCN(C(=O)OCc4ccc(NC[C@H](CCCNC(N)=O)n5cc([C@@H](C(C)C)C(N)[C@H](C(C)C)C(N)CCCCCN6C(=O)CCC6=O)nn5)cc4)CC3)cc21. The van der Waals surface area contributed by atoms with Crippen LogP contribution in [0.4, 0.5) is 25.4 Å². The summed E-state index contributed by atoms with van der Waals surface area (Å²) in [6, 6.07) is 8.96.